The van der Waals surface area contributed by atoms with Crippen LogP contribution in [-0.4, -0.2) is 47.3 Å². The van der Waals surface area contributed by atoms with Gasteiger partial charge in [-0.2, -0.15) is 10.2 Å². The molecule has 0 aliphatic rings. The molecule has 3 aromatic heterocycles. The second kappa shape index (κ2) is 5.88. The largest absolute Gasteiger partial charge is 0.394 e. The Kier molecular flexibility index (Phi) is 3.78. The van der Waals surface area contributed by atoms with E-state index in [0.29, 0.717) is 12.2 Å². The Morgan fingerprint density at radius 3 is 3.00 bits per heavy atom. The van der Waals surface area contributed by atoms with Gasteiger partial charge in [0.15, 0.2) is 5.65 Å². The van der Waals surface area contributed by atoms with E-state index in [0.717, 1.165) is 17.7 Å². The molecular weight excluding hydrogens is 270 g/mol. The highest BCUT2D eigenvalue weighted by Crippen LogP contribution is 2.19. The molecule has 3 heterocycles. The number of rotatable bonds is 6. The Morgan fingerprint density at radius 1 is 1.33 bits per heavy atom. The first-order valence-corrected chi connectivity index (χ1v) is 6.79. The summed E-state index contributed by atoms with van der Waals surface area (Å²) in [5.41, 5.74) is 0.716. The summed E-state index contributed by atoms with van der Waals surface area (Å²) in [6.45, 7) is 3.25. The molecule has 8 heteroatoms. The Bertz CT molecular complexity index is 706. The van der Waals surface area contributed by atoms with Gasteiger partial charge in [-0.05, 0) is 13.0 Å². The van der Waals surface area contributed by atoms with Gasteiger partial charge >= 0.3 is 0 Å². The molecule has 8 nitrogen and oxygen atoms in total. The lowest BCUT2D eigenvalue weighted by molar-refractivity contribution is 0.271. The maximum absolute atomic E-state index is 9.03. The van der Waals surface area contributed by atoms with Crippen molar-refractivity contribution >= 4 is 16.9 Å². The van der Waals surface area contributed by atoms with Crippen LogP contribution in [0.2, 0.25) is 0 Å². The van der Waals surface area contributed by atoms with Gasteiger partial charge in [0.25, 0.3) is 0 Å². The predicted octanol–water partition coefficient (Wildman–Crippen LogP) is 0.516. The molecule has 0 bridgehead atoms. The number of hydrogen-bond acceptors (Lipinski definition) is 6. The number of anilines is 1. The molecule has 0 amide bonds. The Morgan fingerprint density at radius 2 is 2.24 bits per heavy atom. The van der Waals surface area contributed by atoms with E-state index in [9.17, 15) is 0 Å². The average molecular weight is 287 g/mol. The van der Waals surface area contributed by atoms with Crippen molar-refractivity contribution in [3.05, 3.63) is 31.0 Å². The van der Waals surface area contributed by atoms with E-state index in [2.05, 4.69) is 32.4 Å². The highest BCUT2D eigenvalue weighted by molar-refractivity contribution is 5.86. The fourth-order valence-electron chi connectivity index (χ4n) is 2.23. The van der Waals surface area contributed by atoms with Gasteiger partial charge in [-0.3, -0.25) is 4.68 Å². The van der Waals surface area contributed by atoms with Crippen LogP contribution in [0.4, 0.5) is 5.82 Å². The smallest absolute Gasteiger partial charge is 0.163 e. The maximum atomic E-state index is 9.03. The molecule has 1 atom stereocenters. The van der Waals surface area contributed by atoms with E-state index in [4.69, 9.17) is 5.11 Å². The van der Waals surface area contributed by atoms with E-state index in [1.165, 1.54) is 6.33 Å². The molecule has 2 N–H and O–H groups in total. The number of aromatic nitrogens is 6. The minimum absolute atomic E-state index is 0.0270. The normalized spacial score (nSPS) is 12.7. The molecule has 0 spiro atoms. The Labute approximate surface area is 121 Å². The van der Waals surface area contributed by atoms with Crippen molar-refractivity contribution in [1.29, 1.82) is 0 Å². The molecule has 3 aromatic rings. The average Bonchev–Trinajstić information content (AvgIpc) is 3.10. The molecular formula is C13H17N7O. The summed E-state index contributed by atoms with van der Waals surface area (Å²) in [6.07, 6.45) is 6.90. The third-order valence-electron chi connectivity index (χ3n) is 3.15. The fourth-order valence-corrected chi connectivity index (χ4v) is 2.23. The second-order valence-corrected chi connectivity index (χ2v) is 4.82. The van der Waals surface area contributed by atoms with E-state index < -0.39 is 0 Å². The van der Waals surface area contributed by atoms with Gasteiger partial charge in [-0.25, -0.2) is 14.6 Å². The first kappa shape index (κ1) is 13.5. The summed E-state index contributed by atoms with van der Waals surface area (Å²) in [5, 5.41) is 21.6. The van der Waals surface area contributed by atoms with E-state index in [-0.39, 0.29) is 12.6 Å². The van der Waals surface area contributed by atoms with E-state index >= 15 is 0 Å². The molecule has 0 fully saturated rings. The van der Waals surface area contributed by atoms with Crippen LogP contribution in [0.5, 0.6) is 0 Å². The summed E-state index contributed by atoms with van der Waals surface area (Å²) < 4.78 is 3.53. The van der Waals surface area contributed by atoms with E-state index in [1.807, 2.05) is 16.9 Å². The van der Waals surface area contributed by atoms with E-state index in [1.54, 1.807) is 17.1 Å². The standard InChI is InChI=1S/C13H17N7O/c1-10(8-19-4-2-3-16-19)18-12-11-7-17-20(5-6-21)13(11)15-9-14-12/h2-4,7,9-10,21H,5-6,8H2,1H3,(H,14,15,18)/t10-/m1/s1. The number of fused-ring (bicyclic) bond motifs is 1. The SMILES string of the molecule is C[C@H](Cn1cccn1)Nc1ncnc2c1cnn2CCO. The van der Waals surface area contributed by atoms with Crippen LogP contribution in [0.1, 0.15) is 6.92 Å². The van der Waals surface area contributed by atoms with Crippen molar-refractivity contribution in [2.45, 2.75) is 26.1 Å². The van der Waals surface area contributed by atoms with Gasteiger partial charge in [-0.1, -0.05) is 0 Å². The highest BCUT2D eigenvalue weighted by atomic mass is 16.3. The van der Waals surface area contributed by atoms with Crippen LogP contribution in [0.25, 0.3) is 11.0 Å². The van der Waals surface area contributed by atoms with Crippen molar-refractivity contribution < 1.29 is 5.11 Å². The summed E-state index contributed by atoms with van der Waals surface area (Å²) >= 11 is 0. The summed E-state index contributed by atoms with van der Waals surface area (Å²) in [6, 6.07) is 2.05. The zero-order chi connectivity index (χ0) is 14.7. The number of nitrogens with zero attached hydrogens (tertiary/aromatic N) is 6. The minimum Gasteiger partial charge on any atom is -0.394 e. The third kappa shape index (κ3) is 2.84. The van der Waals surface area contributed by atoms with Crippen LogP contribution in [0.3, 0.4) is 0 Å². The molecule has 0 unspecified atom stereocenters. The molecule has 3 rings (SSSR count). The van der Waals surface area contributed by atoms with Crippen LogP contribution >= 0.6 is 0 Å². The van der Waals surface area contributed by atoms with Crippen molar-refractivity contribution in [2.75, 3.05) is 11.9 Å². The Hall–Kier alpha value is -2.48. The minimum atomic E-state index is 0.0270. The lowest BCUT2D eigenvalue weighted by atomic mass is 10.3. The van der Waals surface area contributed by atoms with Gasteiger partial charge in [0, 0.05) is 18.4 Å². The van der Waals surface area contributed by atoms with Gasteiger partial charge in [0.05, 0.1) is 31.3 Å². The molecule has 0 aliphatic heterocycles. The van der Waals surface area contributed by atoms with Crippen molar-refractivity contribution in [1.82, 2.24) is 29.5 Å². The maximum Gasteiger partial charge on any atom is 0.163 e. The lowest BCUT2D eigenvalue weighted by Crippen LogP contribution is -2.23. The first-order valence-electron chi connectivity index (χ1n) is 6.79. The third-order valence-corrected chi connectivity index (χ3v) is 3.15. The molecule has 0 saturated carbocycles. The summed E-state index contributed by atoms with van der Waals surface area (Å²) in [4.78, 5) is 8.51. The topological polar surface area (TPSA) is 93.7 Å². The predicted molar refractivity (Wildman–Crippen MR) is 77.7 cm³/mol. The van der Waals surface area contributed by atoms with Crippen molar-refractivity contribution in [3.8, 4) is 0 Å². The van der Waals surface area contributed by atoms with Gasteiger partial charge < -0.3 is 10.4 Å². The van der Waals surface area contributed by atoms with Crippen molar-refractivity contribution in [2.24, 2.45) is 0 Å². The molecule has 110 valence electrons. The first-order chi connectivity index (χ1) is 10.3. The number of aliphatic hydroxyl groups is 1. The van der Waals surface area contributed by atoms with Crippen LogP contribution < -0.4 is 5.32 Å². The monoisotopic (exact) mass is 287 g/mol. The van der Waals surface area contributed by atoms with Gasteiger partial charge in [0.2, 0.25) is 0 Å². The highest BCUT2D eigenvalue weighted by Gasteiger charge is 2.11. The van der Waals surface area contributed by atoms with Crippen LogP contribution in [0.15, 0.2) is 31.0 Å². The zero-order valence-electron chi connectivity index (χ0n) is 11.7. The quantitative estimate of drug-likeness (QED) is 0.686. The lowest BCUT2D eigenvalue weighted by Gasteiger charge is -2.14. The van der Waals surface area contributed by atoms with Crippen LogP contribution in [-0.2, 0) is 13.1 Å². The molecule has 0 aromatic carbocycles. The number of aliphatic hydroxyl groups excluding tert-OH is 1. The second-order valence-electron chi connectivity index (χ2n) is 4.82. The number of nitrogens with one attached hydrogen (secondary N) is 1. The number of hydrogen-bond donors (Lipinski definition) is 2. The summed E-state index contributed by atoms with van der Waals surface area (Å²) in [5.74, 6) is 0.740. The zero-order valence-corrected chi connectivity index (χ0v) is 11.7. The molecule has 21 heavy (non-hydrogen) atoms. The summed E-state index contributed by atoms with van der Waals surface area (Å²) in [7, 11) is 0. The van der Waals surface area contributed by atoms with Gasteiger partial charge in [0.1, 0.15) is 12.1 Å². The molecule has 0 radical (unpaired) electrons. The molecule has 0 aliphatic carbocycles. The van der Waals surface area contributed by atoms with Crippen molar-refractivity contribution in [3.63, 3.8) is 0 Å². The fraction of sp³-hybridized carbons (Fsp3) is 0.385. The Balaban J connectivity index is 1.80. The van der Waals surface area contributed by atoms with Gasteiger partial charge in [-0.15, -0.1) is 0 Å². The van der Waals surface area contributed by atoms with Crippen LogP contribution in [0, 0.1) is 0 Å². The molecule has 0 saturated heterocycles.